The van der Waals surface area contributed by atoms with Crippen molar-refractivity contribution in [2.24, 2.45) is 5.73 Å². The summed E-state index contributed by atoms with van der Waals surface area (Å²) >= 11 is 0. The van der Waals surface area contributed by atoms with Gasteiger partial charge in [0.2, 0.25) is 5.91 Å². The molecule has 0 aromatic heterocycles. The van der Waals surface area contributed by atoms with E-state index < -0.39 is 0 Å². The summed E-state index contributed by atoms with van der Waals surface area (Å²) in [5, 5.41) is 2.94. The highest BCUT2D eigenvalue weighted by Gasteiger charge is 2.20. The maximum atomic E-state index is 13.9. The molecular formula is C15H22FN3O. The van der Waals surface area contributed by atoms with Gasteiger partial charge in [-0.25, -0.2) is 4.39 Å². The van der Waals surface area contributed by atoms with Gasteiger partial charge in [-0.2, -0.15) is 0 Å². The maximum Gasteiger partial charge on any atom is 0.217 e. The molecule has 0 bridgehead atoms. The first-order valence-electron chi connectivity index (χ1n) is 7.05. The summed E-state index contributed by atoms with van der Waals surface area (Å²) in [6.07, 6.45) is 1.84. The Kier molecular flexibility index (Phi) is 5.09. The minimum absolute atomic E-state index is 0.0202. The number of rotatable bonds is 4. The fourth-order valence-electron chi connectivity index (χ4n) is 2.61. The van der Waals surface area contributed by atoms with Gasteiger partial charge in [-0.15, -0.1) is 0 Å². The van der Waals surface area contributed by atoms with Gasteiger partial charge in [-0.05, 0) is 24.5 Å². The molecule has 1 aliphatic heterocycles. The standard InChI is InChI=1S/C15H22FN3O/c1-11(20)18-14-4-6-19(7-5-14)10-13-3-2-12(9-17)8-15(13)16/h2-3,8,14H,4-7,9-10,17H2,1H3,(H,18,20). The first-order chi connectivity index (χ1) is 9.58. The second-order valence-corrected chi connectivity index (χ2v) is 5.38. The van der Waals surface area contributed by atoms with Crippen LogP contribution in [0, 0.1) is 5.82 Å². The zero-order chi connectivity index (χ0) is 14.5. The van der Waals surface area contributed by atoms with E-state index in [0.717, 1.165) is 31.5 Å². The Balaban J connectivity index is 1.88. The van der Waals surface area contributed by atoms with E-state index in [1.807, 2.05) is 12.1 Å². The quantitative estimate of drug-likeness (QED) is 0.875. The molecule has 1 saturated heterocycles. The summed E-state index contributed by atoms with van der Waals surface area (Å²) in [4.78, 5) is 13.2. The van der Waals surface area contributed by atoms with Crippen LogP contribution in [-0.2, 0) is 17.9 Å². The molecule has 20 heavy (non-hydrogen) atoms. The van der Waals surface area contributed by atoms with E-state index in [-0.39, 0.29) is 17.8 Å². The van der Waals surface area contributed by atoms with Crippen LogP contribution in [0.3, 0.4) is 0 Å². The predicted molar refractivity (Wildman–Crippen MR) is 76.4 cm³/mol. The Morgan fingerprint density at radius 3 is 2.70 bits per heavy atom. The molecule has 0 atom stereocenters. The molecule has 0 spiro atoms. The fourth-order valence-corrected chi connectivity index (χ4v) is 2.61. The molecule has 0 unspecified atom stereocenters. The van der Waals surface area contributed by atoms with Gasteiger partial charge in [0.05, 0.1) is 0 Å². The van der Waals surface area contributed by atoms with E-state index in [1.165, 1.54) is 6.07 Å². The molecule has 110 valence electrons. The molecule has 1 amide bonds. The summed E-state index contributed by atoms with van der Waals surface area (Å²) in [6.45, 7) is 4.27. The highest BCUT2D eigenvalue weighted by atomic mass is 19.1. The van der Waals surface area contributed by atoms with Crippen LogP contribution in [0.4, 0.5) is 4.39 Å². The van der Waals surface area contributed by atoms with Crippen molar-refractivity contribution < 1.29 is 9.18 Å². The third kappa shape index (κ3) is 4.02. The van der Waals surface area contributed by atoms with Gasteiger partial charge < -0.3 is 11.1 Å². The number of benzene rings is 1. The number of amides is 1. The molecule has 5 heteroatoms. The predicted octanol–water partition coefficient (Wildman–Crippen LogP) is 1.38. The molecule has 1 aromatic rings. The lowest BCUT2D eigenvalue weighted by atomic mass is 10.0. The molecule has 1 aromatic carbocycles. The lowest BCUT2D eigenvalue weighted by Gasteiger charge is -2.32. The van der Waals surface area contributed by atoms with Crippen LogP contribution >= 0.6 is 0 Å². The Morgan fingerprint density at radius 1 is 1.45 bits per heavy atom. The lowest BCUT2D eigenvalue weighted by molar-refractivity contribution is -0.119. The number of nitrogens with two attached hydrogens (primary N) is 1. The van der Waals surface area contributed by atoms with Crippen molar-refractivity contribution in [3.8, 4) is 0 Å². The van der Waals surface area contributed by atoms with Gasteiger partial charge in [0.15, 0.2) is 0 Å². The van der Waals surface area contributed by atoms with Crippen LogP contribution in [0.2, 0.25) is 0 Å². The molecule has 1 aliphatic rings. The number of hydrogen-bond acceptors (Lipinski definition) is 3. The molecule has 4 nitrogen and oxygen atoms in total. The van der Waals surface area contributed by atoms with Gasteiger partial charge in [0.1, 0.15) is 5.82 Å². The molecule has 0 aliphatic carbocycles. The van der Waals surface area contributed by atoms with E-state index in [4.69, 9.17) is 5.73 Å². The number of carbonyl (C=O) groups is 1. The first-order valence-corrected chi connectivity index (χ1v) is 7.05. The van der Waals surface area contributed by atoms with Crippen LogP contribution < -0.4 is 11.1 Å². The summed E-state index contributed by atoms with van der Waals surface area (Å²) in [5.74, 6) is -0.163. The molecule has 1 heterocycles. The van der Waals surface area contributed by atoms with Gasteiger partial charge in [0.25, 0.3) is 0 Å². The summed E-state index contributed by atoms with van der Waals surface area (Å²) in [5.41, 5.74) is 7.02. The first kappa shape index (κ1) is 14.9. The summed E-state index contributed by atoms with van der Waals surface area (Å²) in [7, 11) is 0. The van der Waals surface area contributed by atoms with Crippen LogP contribution in [-0.4, -0.2) is 29.9 Å². The van der Waals surface area contributed by atoms with Crippen LogP contribution in [0.15, 0.2) is 18.2 Å². The van der Waals surface area contributed by atoms with Crippen LogP contribution in [0.1, 0.15) is 30.9 Å². The topological polar surface area (TPSA) is 58.4 Å². The SMILES string of the molecule is CC(=O)NC1CCN(Cc2ccc(CN)cc2F)CC1. The summed E-state index contributed by atoms with van der Waals surface area (Å²) < 4.78 is 13.9. The minimum atomic E-state index is -0.183. The largest absolute Gasteiger partial charge is 0.354 e. The molecule has 1 fully saturated rings. The zero-order valence-corrected chi connectivity index (χ0v) is 11.9. The van der Waals surface area contributed by atoms with Gasteiger partial charge >= 0.3 is 0 Å². The Morgan fingerprint density at radius 2 is 2.15 bits per heavy atom. The second-order valence-electron chi connectivity index (χ2n) is 5.38. The van der Waals surface area contributed by atoms with Gasteiger partial charge in [0, 0.05) is 44.7 Å². The van der Waals surface area contributed by atoms with Crippen molar-refractivity contribution in [1.82, 2.24) is 10.2 Å². The molecule has 2 rings (SSSR count). The zero-order valence-electron chi connectivity index (χ0n) is 11.9. The molecule has 3 N–H and O–H groups in total. The maximum absolute atomic E-state index is 13.9. The van der Waals surface area contributed by atoms with Crippen molar-refractivity contribution in [2.45, 2.75) is 38.9 Å². The number of nitrogens with zero attached hydrogens (tertiary/aromatic N) is 1. The lowest BCUT2D eigenvalue weighted by Crippen LogP contribution is -2.43. The van der Waals surface area contributed by atoms with E-state index in [2.05, 4.69) is 10.2 Å². The number of carbonyl (C=O) groups excluding carboxylic acids is 1. The number of piperidine rings is 1. The second kappa shape index (κ2) is 6.81. The van der Waals surface area contributed by atoms with E-state index in [9.17, 15) is 9.18 Å². The van der Waals surface area contributed by atoms with E-state index in [1.54, 1.807) is 6.92 Å². The third-order valence-electron chi connectivity index (χ3n) is 3.74. The molecular weight excluding hydrogens is 257 g/mol. The number of hydrogen-bond donors (Lipinski definition) is 2. The van der Waals surface area contributed by atoms with Crippen molar-refractivity contribution >= 4 is 5.91 Å². The van der Waals surface area contributed by atoms with E-state index in [0.29, 0.717) is 18.7 Å². The molecule has 0 radical (unpaired) electrons. The van der Waals surface area contributed by atoms with Gasteiger partial charge in [-0.3, -0.25) is 9.69 Å². The van der Waals surface area contributed by atoms with E-state index >= 15 is 0 Å². The number of halogens is 1. The third-order valence-corrected chi connectivity index (χ3v) is 3.74. The monoisotopic (exact) mass is 279 g/mol. The van der Waals surface area contributed by atoms with Crippen LogP contribution in [0.25, 0.3) is 0 Å². The van der Waals surface area contributed by atoms with Crippen LogP contribution in [0.5, 0.6) is 0 Å². The highest BCUT2D eigenvalue weighted by molar-refractivity contribution is 5.73. The average Bonchev–Trinajstić information content (AvgIpc) is 2.42. The van der Waals surface area contributed by atoms with Crippen molar-refractivity contribution in [3.05, 3.63) is 35.1 Å². The highest BCUT2D eigenvalue weighted by Crippen LogP contribution is 2.17. The Labute approximate surface area is 119 Å². The Bertz CT molecular complexity index is 470. The number of nitrogens with one attached hydrogen (secondary N) is 1. The Hall–Kier alpha value is -1.46. The smallest absolute Gasteiger partial charge is 0.217 e. The average molecular weight is 279 g/mol. The fraction of sp³-hybridized carbons (Fsp3) is 0.533. The van der Waals surface area contributed by atoms with Crippen molar-refractivity contribution in [1.29, 1.82) is 0 Å². The van der Waals surface area contributed by atoms with Crippen molar-refractivity contribution in [2.75, 3.05) is 13.1 Å². The van der Waals surface area contributed by atoms with Gasteiger partial charge in [-0.1, -0.05) is 12.1 Å². The minimum Gasteiger partial charge on any atom is -0.354 e. The normalized spacial score (nSPS) is 17.1. The van der Waals surface area contributed by atoms with Crippen molar-refractivity contribution in [3.63, 3.8) is 0 Å². The summed E-state index contributed by atoms with van der Waals surface area (Å²) in [6, 6.07) is 5.47. The number of likely N-dealkylation sites (tertiary alicyclic amines) is 1. The molecule has 0 saturated carbocycles.